The second-order valence-corrected chi connectivity index (χ2v) is 8.31. The van der Waals surface area contributed by atoms with Crippen LogP contribution >= 0.6 is 0 Å². The third-order valence-corrected chi connectivity index (χ3v) is 5.94. The van der Waals surface area contributed by atoms with E-state index in [2.05, 4.69) is 34.2 Å². The highest BCUT2D eigenvalue weighted by atomic mass is 15.0. The Labute approximate surface area is 209 Å². The minimum absolute atomic E-state index is 0.629. The maximum Gasteiger partial charge on any atom is 0.164 e. The van der Waals surface area contributed by atoms with Crippen LogP contribution in [-0.4, -0.2) is 24.9 Å². The van der Waals surface area contributed by atoms with Crippen molar-refractivity contribution in [2.75, 3.05) is 0 Å². The summed E-state index contributed by atoms with van der Waals surface area (Å²) in [4.78, 5) is 22.9. The molecule has 6 aromatic rings. The smallest absolute Gasteiger partial charge is 0.164 e. The zero-order valence-corrected chi connectivity index (χ0v) is 19.4. The Morgan fingerprint density at radius 3 is 1.17 bits per heavy atom. The lowest BCUT2D eigenvalue weighted by molar-refractivity contribution is 1.07. The Kier molecular flexibility index (Phi) is 5.78. The van der Waals surface area contributed by atoms with Crippen molar-refractivity contribution < 1.29 is 0 Å². The largest absolute Gasteiger partial charge is 0.265 e. The second kappa shape index (κ2) is 9.68. The van der Waals surface area contributed by atoms with Gasteiger partial charge >= 0.3 is 0 Å². The van der Waals surface area contributed by atoms with Crippen molar-refractivity contribution in [2.45, 2.75) is 0 Å². The molecule has 3 aromatic heterocycles. The molecule has 36 heavy (non-hydrogen) atoms. The van der Waals surface area contributed by atoms with Gasteiger partial charge in [-0.2, -0.15) is 0 Å². The molecule has 0 saturated heterocycles. The number of hydrogen-bond acceptors (Lipinski definition) is 5. The summed E-state index contributed by atoms with van der Waals surface area (Å²) in [6, 6.07) is 34.5. The molecule has 0 aliphatic heterocycles. The van der Waals surface area contributed by atoms with E-state index in [0.29, 0.717) is 17.5 Å². The molecule has 5 heteroatoms. The van der Waals surface area contributed by atoms with E-state index >= 15 is 0 Å². The van der Waals surface area contributed by atoms with Gasteiger partial charge in [-0.1, -0.05) is 66.7 Å². The number of nitrogens with zero attached hydrogens (tertiary/aromatic N) is 5. The lowest BCUT2D eigenvalue weighted by Gasteiger charge is -2.10. The van der Waals surface area contributed by atoms with E-state index in [1.807, 2.05) is 78.9 Å². The number of hydrogen-bond donors (Lipinski definition) is 0. The minimum Gasteiger partial charge on any atom is -0.265 e. The standard InChI is InChI=1S/C31H21N5/c1-2-6-24(7-3-1)29-34-30(27-10-4-8-25(20-27)22-12-16-32-17-13-22)36-31(35-29)28-11-5-9-26(21-28)23-14-18-33-19-15-23/h1-21H. The first-order chi connectivity index (χ1) is 17.8. The van der Waals surface area contributed by atoms with Gasteiger partial charge in [-0.15, -0.1) is 0 Å². The van der Waals surface area contributed by atoms with Crippen molar-refractivity contribution in [1.82, 2.24) is 24.9 Å². The first kappa shape index (κ1) is 21.5. The summed E-state index contributed by atoms with van der Waals surface area (Å²) >= 11 is 0. The van der Waals surface area contributed by atoms with Gasteiger partial charge < -0.3 is 0 Å². The Balaban J connectivity index is 1.50. The molecule has 0 bridgehead atoms. The van der Waals surface area contributed by atoms with Crippen molar-refractivity contribution in [3.8, 4) is 56.4 Å². The van der Waals surface area contributed by atoms with E-state index < -0.39 is 0 Å². The summed E-state index contributed by atoms with van der Waals surface area (Å²) in [5.74, 6) is 1.90. The summed E-state index contributed by atoms with van der Waals surface area (Å²) in [7, 11) is 0. The summed E-state index contributed by atoms with van der Waals surface area (Å²) in [5, 5.41) is 0. The van der Waals surface area contributed by atoms with Crippen LogP contribution in [0.4, 0.5) is 0 Å². The van der Waals surface area contributed by atoms with Gasteiger partial charge in [0.25, 0.3) is 0 Å². The highest BCUT2D eigenvalue weighted by Crippen LogP contribution is 2.29. The van der Waals surface area contributed by atoms with Gasteiger partial charge in [-0.25, -0.2) is 15.0 Å². The number of rotatable bonds is 5. The average Bonchev–Trinajstić information content (AvgIpc) is 2.98. The summed E-state index contributed by atoms with van der Waals surface area (Å²) in [6.45, 7) is 0. The van der Waals surface area contributed by atoms with Crippen LogP contribution in [0, 0.1) is 0 Å². The van der Waals surface area contributed by atoms with Gasteiger partial charge in [0.2, 0.25) is 0 Å². The van der Waals surface area contributed by atoms with Crippen LogP contribution in [0.5, 0.6) is 0 Å². The van der Waals surface area contributed by atoms with Crippen molar-refractivity contribution in [3.05, 3.63) is 128 Å². The number of benzene rings is 3. The van der Waals surface area contributed by atoms with Crippen molar-refractivity contribution in [2.24, 2.45) is 0 Å². The topological polar surface area (TPSA) is 64.5 Å². The Bertz CT molecular complexity index is 1520. The summed E-state index contributed by atoms with van der Waals surface area (Å²) < 4.78 is 0. The molecule has 0 amide bonds. The molecule has 3 aromatic carbocycles. The SMILES string of the molecule is c1ccc(-c2nc(-c3cccc(-c4ccncc4)c3)nc(-c3cccc(-c4ccncc4)c3)n2)cc1. The van der Waals surface area contributed by atoms with Crippen molar-refractivity contribution in [3.63, 3.8) is 0 Å². The van der Waals surface area contributed by atoms with Crippen LogP contribution < -0.4 is 0 Å². The molecule has 0 radical (unpaired) electrons. The molecule has 0 unspecified atom stereocenters. The van der Waals surface area contributed by atoms with Gasteiger partial charge in [-0.3, -0.25) is 9.97 Å². The molecule has 6 rings (SSSR count). The summed E-state index contributed by atoms with van der Waals surface area (Å²) in [6.07, 6.45) is 7.19. The maximum atomic E-state index is 4.92. The molecule has 3 heterocycles. The first-order valence-corrected chi connectivity index (χ1v) is 11.7. The molecular weight excluding hydrogens is 442 g/mol. The van der Waals surface area contributed by atoms with E-state index in [0.717, 1.165) is 38.9 Å². The monoisotopic (exact) mass is 463 g/mol. The minimum atomic E-state index is 0.629. The lowest BCUT2D eigenvalue weighted by Crippen LogP contribution is -2.00. The van der Waals surface area contributed by atoms with Crippen LogP contribution in [0.25, 0.3) is 56.4 Å². The lowest BCUT2D eigenvalue weighted by atomic mass is 10.0. The van der Waals surface area contributed by atoms with Crippen LogP contribution in [-0.2, 0) is 0 Å². The zero-order valence-electron chi connectivity index (χ0n) is 19.4. The van der Waals surface area contributed by atoms with Gasteiger partial charge in [-0.05, 0) is 58.7 Å². The molecule has 0 spiro atoms. The third-order valence-electron chi connectivity index (χ3n) is 5.94. The van der Waals surface area contributed by atoms with Crippen LogP contribution in [0.15, 0.2) is 128 Å². The third kappa shape index (κ3) is 4.50. The first-order valence-electron chi connectivity index (χ1n) is 11.7. The number of pyridine rings is 2. The van der Waals surface area contributed by atoms with E-state index in [9.17, 15) is 0 Å². The highest BCUT2D eigenvalue weighted by Gasteiger charge is 2.13. The molecule has 0 N–H and O–H groups in total. The maximum absolute atomic E-state index is 4.92. The predicted molar refractivity (Wildman–Crippen MR) is 143 cm³/mol. The van der Waals surface area contributed by atoms with Crippen LogP contribution in [0.3, 0.4) is 0 Å². The molecule has 0 fully saturated rings. The molecule has 170 valence electrons. The Hall–Kier alpha value is -5.03. The predicted octanol–water partition coefficient (Wildman–Crippen LogP) is 7.00. The van der Waals surface area contributed by atoms with E-state index in [-0.39, 0.29) is 0 Å². The van der Waals surface area contributed by atoms with Crippen LogP contribution in [0.1, 0.15) is 0 Å². The molecule has 0 saturated carbocycles. The molecule has 5 nitrogen and oxygen atoms in total. The summed E-state index contributed by atoms with van der Waals surface area (Å²) in [5.41, 5.74) is 7.14. The van der Waals surface area contributed by atoms with Gasteiger partial charge in [0, 0.05) is 41.5 Å². The molecule has 0 atom stereocenters. The molecule has 0 aliphatic carbocycles. The normalized spacial score (nSPS) is 10.8. The molecule has 0 aliphatic rings. The Morgan fingerprint density at radius 2 is 0.694 bits per heavy atom. The fraction of sp³-hybridized carbons (Fsp3) is 0. The molecular formula is C31H21N5. The fourth-order valence-electron chi connectivity index (χ4n) is 4.11. The second-order valence-electron chi connectivity index (χ2n) is 8.31. The highest BCUT2D eigenvalue weighted by molar-refractivity contribution is 5.74. The van der Waals surface area contributed by atoms with Gasteiger partial charge in [0.1, 0.15) is 0 Å². The quantitative estimate of drug-likeness (QED) is 0.275. The van der Waals surface area contributed by atoms with E-state index in [4.69, 9.17) is 15.0 Å². The Morgan fingerprint density at radius 1 is 0.306 bits per heavy atom. The van der Waals surface area contributed by atoms with Gasteiger partial charge in [0.15, 0.2) is 17.5 Å². The van der Waals surface area contributed by atoms with E-state index in [1.165, 1.54) is 0 Å². The van der Waals surface area contributed by atoms with Crippen molar-refractivity contribution in [1.29, 1.82) is 0 Å². The average molecular weight is 464 g/mol. The van der Waals surface area contributed by atoms with Crippen LogP contribution in [0.2, 0.25) is 0 Å². The fourth-order valence-corrected chi connectivity index (χ4v) is 4.11. The van der Waals surface area contributed by atoms with Gasteiger partial charge in [0.05, 0.1) is 0 Å². The zero-order chi connectivity index (χ0) is 24.2. The number of aromatic nitrogens is 5. The van der Waals surface area contributed by atoms with E-state index in [1.54, 1.807) is 24.8 Å². The van der Waals surface area contributed by atoms with Crippen molar-refractivity contribution >= 4 is 0 Å².